The Balaban J connectivity index is 1.85. The molecule has 2 rings (SSSR count). The number of amidine groups is 1. The van der Waals surface area contributed by atoms with E-state index in [4.69, 9.17) is 15.3 Å². The molecular formula is C16H30N4O3. The lowest BCUT2D eigenvalue weighted by Gasteiger charge is -2.37. The predicted molar refractivity (Wildman–Crippen MR) is 89.0 cm³/mol. The fourth-order valence-electron chi connectivity index (χ4n) is 3.11. The van der Waals surface area contributed by atoms with Crippen molar-refractivity contribution in [3.05, 3.63) is 0 Å². The number of ether oxygens (including phenoxy) is 1. The molecule has 0 spiro atoms. The molecule has 0 saturated carbocycles. The first-order valence-corrected chi connectivity index (χ1v) is 8.43. The van der Waals surface area contributed by atoms with Crippen LogP contribution in [0.3, 0.4) is 0 Å². The molecule has 2 aliphatic rings. The number of rotatable bonds is 5. The van der Waals surface area contributed by atoms with Gasteiger partial charge in [0.1, 0.15) is 0 Å². The summed E-state index contributed by atoms with van der Waals surface area (Å²) in [6, 6.07) is 0.186. The van der Waals surface area contributed by atoms with Gasteiger partial charge in [0, 0.05) is 25.7 Å². The molecule has 132 valence electrons. The minimum atomic E-state index is -0.508. The van der Waals surface area contributed by atoms with Crippen molar-refractivity contribution in [3.8, 4) is 0 Å². The Kier molecular flexibility index (Phi) is 5.86. The van der Waals surface area contributed by atoms with E-state index in [0.717, 1.165) is 26.1 Å². The number of carbonyl (C=O) groups excluding carboxylic acids is 1. The van der Waals surface area contributed by atoms with Crippen LogP contribution in [0.2, 0.25) is 0 Å². The third kappa shape index (κ3) is 5.07. The zero-order valence-corrected chi connectivity index (χ0v) is 14.7. The van der Waals surface area contributed by atoms with E-state index < -0.39 is 6.10 Å². The monoisotopic (exact) mass is 326 g/mol. The lowest BCUT2D eigenvalue weighted by atomic mass is 10.1. The summed E-state index contributed by atoms with van der Waals surface area (Å²) in [6.07, 6.45) is 1.12. The van der Waals surface area contributed by atoms with Gasteiger partial charge in [-0.2, -0.15) is 0 Å². The Bertz CT molecular complexity index is 451. The molecule has 23 heavy (non-hydrogen) atoms. The SMILES string of the molecule is CC(C)N1CCC[C@@H](O/N=C(\N)CN2CCOC(C)(C)C2)C1=O. The fourth-order valence-corrected chi connectivity index (χ4v) is 3.11. The van der Waals surface area contributed by atoms with E-state index in [1.165, 1.54) is 0 Å². The van der Waals surface area contributed by atoms with Crippen LogP contribution in [0.4, 0.5) is 0 Å². The standard InChI is InChI=1S/C16H30N4O3/c1-12(2)20-7-5-6-13(15(20)21)23-18-14(17)10-19-8-9-22-16(3,4)11-19/h12-13H,5-11H2,1-4H3,(H2,17,18)/t13-/m1/s1. The van der Waals surface area contributed by atoms with Crippen LogP contribution < -0.4 is 5.73 Å². The quantitative estimate of drug-likeness (QED) is 0.459. The number of morpholine rings is 1. The molecule has 7 nitrogen and oxygen atoms in total. The minimum absolute atomic E-state index is 0.00954. The molecule has 2 N–H and O–H groups in total. The molecule has 0 aromatic heterocycles. The van der Waals surface area contributed by atoms with Crippen molar-refractivity contribution in [2.75, 3.05) is 32.8 Å². The zero-order valence-electron chi connectivity index (χ0n) is 14.7. The molecule has 0 bridgehead atoms. The number of amides is 1. The average molecular weight is 326 g/mol. The van der Waals surface area contributed by atoms with Gasteiger partial charge in [0.15, 0.2) is 5.84 Å². The second kappa shape index (κ2) is 7.49. The van der Waals surface area contributed by atoms with Gasteiger partial charge in [0.25, 0.3) is 5.91 Å². The number of hydrogen-bond acceptors (Lipinski definition) is 5. The van der Waals surface area contributed by atoms with Crippen LogP contribution in [0.15, 0.2) is 5.16 Å². The molecular weight excluding hydrogens is 296 g/mol. The maximum absolute atomic E-state index is 12.3. The predicted octanol–water partition coefficient (Wildman–Crippen LogP) is 0.785. The Labute approximate surface area is 138 Å². The van der Waals surface area contributed by atoms with Gasteiger partial charge in [-0.1, -0.05) is 5.16 Å². The summed E-state index contributed by atoms with van der Waals surface area (Å²) in [6.45, 7) is 11.8. The number of likely N-dealkylation sites (tertiary alicyclic amines) is 1. The third-order valence-corrected chi connectivity index (χ3v) is 4.23. The van der Waals surface area contributed by atoms with Crippen molar-refractivity contribution in [3.63, 3.8) is 0 Å². The van der Waals surface area contributed by atoms with Crippen LogP contribution in [0, 0.1) is 0 Å². The highest BCUT2D eigenvalue weighted by Crippen LogP contribution is 2.18. The summed E-state index contributed by atoms with van der Waals surface area (Å²) < 4.78 is 5.68. The average Bonchev–Trinajstić information content (AvgIpc) is 2.44. The molecule has 1 amide bonds. The Morgan fingerprint density at radius 2 is 2.22 bits per heavy atom. The Morgan fingerprint density at radius 1 is 1.48 bits per heavy atom. The van der Waals surface area contributed by atoms with Crippen molar-refractivity contribution in [2.45, 2.75) is 58.3 Å². The first kappa shape index (κ1) is 18.0. The van der Waals surface area contributed by atoms with Crippen molar-refractivity contribution in [2.24, 2.45) is 10.9 Å². The number of hydrogen-bond donors (Lipinski definition) is 1. The van der Waals surface area contributed by atoms with E-state index >= 15 is 0 Å². The van der Waals surface area contributed by atoms with Crippen LogP contribution in [-0.2, 0) is 14.4 Å². The van der Waals surface area contributed by atoms with E-state index in [1.54, 1.807) is 0 Å². The molecule has 2 heterocycles. The largest absolute Gasteiger partial charge is 0.383 e. The number of carbonyl (C=O) groups is 1. The van der Waals surface area contributed by atoms with Gasteiger partial charge in [-0.3, -0.25) is 9.69 Å². The van der Waals surface area contributed by atoms with Gasteiger partial charge in [0.05, 0.1) is 18.8 Å². The highest BCUT2D eigenvalue weighted by atomic mass is 16.6. The number of oxime groups is 1. The topological polar surface area (TPSA) is 80.4 Å². The third-order valence-electron chi connectivity index (χ3n) is 4.23. The molecule has 7 heteroatoms. The van der Waals surface area contributed by atoms with Crippen molar-refractivity contribution in [1.29, 1.82) is 0 Å². The Hall–Kier alpha value is -1.34. The molecule has 0 unspecified atom stereocenters. The van der Waals surface area contributed by atoms with Crippen LogP contribution in [0.1, 0.15) is 40.5 Å². The summed E-state index contributed by atoms with van der Waals surface area (Å²) in [5.74, 6) is 0.410. The van der Waals surface area contributed by atoms with Gasteiger partial charge in [-0.15, -0.1) is 0 Å². The van der Waals surface area contributed by atoms with Crippen LogP contribution in [-0.4, -0.2) is 72.1 Å². The van der Waals surface area contributed by atoms with Gasteiger partial charge < -0.3 is 20.2 Å². The highest BCUT2D eigenvalue weighted by molar-refractivity contribution is 5.83. The van der Waals surface area contributed by atoms with Crippen LogP contribution >= 0.6 is 0 Å². The van der Waals surface area contributed by atoms with Crippen LogP contribution in [0.25, 0.3) is 0 Å². The summed E-state index contributed by atoms with van der Waals surface area (Å²) in [5, 5.41) is 4.00. The normalized spacial score (nSPS) is 26.7. The van der Waals surface area contributed by atoms with E-state index in [1.807, 2.05) is 18.7 Å². The van der Waals surface area contributed by atoms with Gasteiger partial charge >= 0.3 is 0 Å². The number of nitrogens with zero attached hydrogens (tertiary/aromatic N) is 3. The van der Waals surface area contributed by atoms with Crippen molar-refractivity contribution in [1.82, 2.24) is 9.80 Å². The summed E-state index contributed by atoms with van der Waals surface area (Å²) in [5.41, 5.74) is 5.80. The molecule has 1 atom stereocenters. The fraction of sp³-hybridized carbons (Fsp3) is 0.875. The summed E-state index contributed by atoms with van der Waals surface area (Å²) >= 11 is 0. The number of piperidine rings is 1. The summed E-state index contributed by atoms with van der Waals surface area (Å²) in [7, 11) is 0. The lowest BCUT2D eigenvalue weighted by molar-refractivity contribution is -0.150. The smallest absolute Gasteiger partial charge is 0.266 e. The maximum atomic E-state index is 12.3. The molecule has 0 aliphatic carbocycles. The van der Waals surface area contributed by atoms with E-state index in [2.05, 4.69) is 23.9 Å². The molecule has 2 aliphatic heterocycles. The Morgan fingerprint density at radius 3 is 2.87 bits per heavy atom. The summed E-state index contributed by atoms with van der Waals surface area (Å²) in [4.78, 5) is 21.8. The molecule has 2 saturated heterocycles. The molecule has 0 aromatic rings. The molecule has 0 radical (unpaired) electrons. The van der Waals surface area contributed by atoms with E-state index in [0.29, 0.717) is 25.4 Å². The van der Waals surface area contributed by atoms with Gasteiger partial charge in [-0.05, 0) is 40.5 Å². The van der Waals surface area contributed by atoms with Gasteiger partial charge in [0.2, 0.25) is 6.10 Å². The zero-order chi connectivity index (χ0) is 17.0. The first-order valence-electron chi connectivity index (χ1n) is 8.43. The molecule has 2 fully saturated rings. The minimum Gasteiger partial charge on any atom is -0.383 e. The van der Waals surface area contributed by atoms with Crippen LogP contribution in [0.5, 0.6) is 0 Å². The first-order chi connectivity index (χ1) is 10.8. The van der Waals surface area contributed by atoms with Gasteiger partial charge in [-0.25, -0.2) is 0 Å². The van der Waals surface area contributed by atoms with Crippen molar-refractivity contribution < 1.29 is 14.4 Å². The second-order valence-electron chi connectivity index (χ2n) is 7.26. The van der Waals surface area contributed by atoms with E-state index in [-0.39, 0.29) is 17.6 Å². The van der Waals surface area contributed by atoms with Crippen molar-refractivity contribution >= 4 is 11.7 Å². The lowest BCUT2D eigenvalue weighted by Crippen LogP contribution is -2.51. The second-order valence-corrected chi connectivity index (χ2v) is 7.26. The highest BCUT2D eigenvalue weighted by Gasteiger charge is 2.32. The number of nitrogens with two attached hydrogens (primary N) is 1. The molecule has 0 aromatic carbocycles. The maximum Gasteiger partial charge on any atom is 0.266 e. The van der Waals surface area contributed by atoms with E-state index in [9.17, 15) is 4.79 Å².